The third kappa shape index (κ3) is 3.13. The lowest BCUT2D eigenvalue weighted by Gasteiger charge is -2.18. The number of hydrogen-bond donors (Lipinski definition) is 1. The molecule has 0 aliphatic rings. The number of rotatable bonds is 5. The minimum atomic E-state index is 0.337. The van der Waals surface area contributed by atoms with Crippen molar-refractivity contribution in [2.45, 2.75) is 32.7 Å². The van der Waals surface area contributed by atoms with E-state index < -0.39 is 0 Å². The summed E-state index contributed by atoms with van der Waals surface area (Å²) in [6.07, 6.45) is 2.31. The molecular formula is C17H21N. The quantitative estimate of drug-likeness (QED) is 0.789. The highest BCUT2D eigenvalue weighted by Gasteiger charge is 2.06. The van der Waals surface area contributed by atoms with Gasteiger partial charge in [0.05, 0.1) is 0 Å². The van der Waals surface area contributed by atoms with Gasteiger partial charge in [0.2, 0.25) is 0 Å². The fourth-order valence-corrected chi connectivity index (χ4v) is 2.21. The fraction of sp³-hybridized carbons (Fsp3) is 0.294. The molecule has 1 nitrogen and oxygen atoms in total. The van der Waals surface area contributed by atoms with Crippen molar-refractivity contribution in [2.24, 2.45) is 0 Å². The first-order valence-corrected chi connectivity index (χ1v) is 6.70. The van der Waals surface area contributed by atoms with Crippen molar-refractivity contribution in [3.63, 3.8) is 0 Å². The Balaban J connectivity index is 2.14. The van der Waals surface area contributed by atoms with Crippen LogP contribution in [0.5, 0.6) is 0 Å². The Bertz CT molecular complexity index is 476. The minimum absolute atomic E-state index is 0.337. The number of anilines is 1. The van der Waals surface area contributed by atoms with Gasteiger partial charge in [-0.15, -0.1) is 0 Å². The van der Waals surface area contributed by atoms with E-state index in [1.807, 2.05) is 0 Å². The van der Waals surface area contributed by atoms with Crippen molar-refractivity contribution >= 4 is 5.69 Å². The first-order chi connectivity index (χ1) is 8.81. The second-order valence-electron chi connectivity index (χ2n) is 4.68. The topological polar surface area (TPSA) is 12.0 Å². The summed E-state index contributed by atoms with van der Waals surface area (Å²) in [5.41, 5.74) is 3.99. The van der Waals surface area contributed by atoms with E-state index in [4.69, 9.17) is 0 Å². The lowest BCUT2D eigenvalue weighted by molar-refractivity contribution is 0.867. The van der Waals surface area contributed by atoms with Crippen LogP contribution in [0.2, 0.25) is 0 Å². The molecule has 0 aliphatic carbocycles. The largest absolute Gasteiger partial charge is 0.378 e. The van der Waals surface area contributed by atoms with Crippen LogP contribution in [0.3, 0.4) is 0 Å². The summed E-state index contributed by atoms with van der Waals surface area (Å²) in [5, 5.41) is 3.61. The Morgan fingerprint density at radius 1 is 0.944 bits per heavy atom. The molecular weight excluding hydrogens is 218 g/mol. The molecule has 0 aliphatic heterocycles. The number of para-hydroxylation sites is 1. The van der Waals surface area contributed by atoms with Gasteiger partial charge in [0.15, 0.2) is 0 Å². The van der Waals surface area contributed by atoms with Crippen molar-refractivity contribution in [3.05, 3.63) is 65.7 Å². The zero-order valence-electron chi connectivity index (χ0n) is 11.2. The molecule has 2 aromatic carbocycles. The molecule has 1 unspecified atom stereocenters. The molecule has 2 rings (SSSR count). The van der Waals surface area contributed by atoms with Crippen LogP contribution in [0.15, 0.2) is 54.6 Å². The van der Waals surface area contributed by atoms with Crippen molar-refractivity contribution in [2.75, 3.05) is 5.32 Å². The Morgan fingerprint density at radius 3 is 2.33 bits per heavy atom. The fourth-order valence-electron chi connectivity index (χ4n) is 2.21. The lowest BCUT2D eigenvalue weighted by atomic mass is 10.0. The zero-order valence-corrected chi connectivity index (χ0v) is 11.2. The maximum absolute atomic E-state index is 3.61. The van der Waals surface area contributed by atoms with E-state index in [9.17, 15) is 0 Å². The van der Waals surface area contributed by atoms with Gasteiger partial charge in [-0.2, -0.15) is 0 Å². The second kappa shape index (κ2) is 6.25. The SMILES string of the molecule is CCCc1ccccc1NC(C)c1ccccc1. The van der Waals surface area contributed by atoms with Crippen molar-refractivity contribution in [3.8, 4) is 0 Å². The maximum atomic E-state index is 3.61. The number of aryl methyl sites for hydroxylation is 1. The third-order valence-electron chi connectivity index (χ3n) is 3.21. The van der Waals surface area contributed by atoms with E-state index in [0.717, 1.165) is 6.42 Å². The van der Waals surface area contributed by atoms with E-state index >= 15 is 0 Å². The Kier molecular flexibility index (Phi) is 4.40. The molecule has 1 heteroatoms. The van der Waals surface area contributed by atoms with Gasteiger partial charge in [-0.1, -0.05) is 61.9 Å². The molecule has 0 saturated carbocycles. The molecule has 0 fully saturated rings. The molecule has 18 heavy (non-hydrogen) atoms. The van der Waals surface area contributed by atoms with E-state index in [1.54, 1.807) is 0 Å². The van der Waals surface area contributed by atoms with Gasteiger partial charge in [0.25, 0.3) is 0 Å². The van der Waals surface area contributed by atoms with Crippen molar-refractivity contribution in [1.29, 1.82) is 0 Å². The van der Waals surface area contributed by atoms with Crippen LogP contribution in [-0.2, 0) is 6.42 Å². The molecule has 2 aromatic rings. The van der Waals surface area contributed by atoms with Crippen molar-refractivity contribution in [1.82, 2.24) is 0 Å². The van der Waals surface area contributed by atoms with E-state index in [1.165, 1.54) is 23.2 Å². The standard InChI is InChI=1S/C17H21N/c1-3-9-16-12-7-8-13-17(16)18-14(2)15-10-5-4-6-11-15/h4-8,10-14,18H,3,9H2,1-2H3. The summed E-state index contributed by atoms with van der Waals surface area (Å²) in [6, 6.07) is 19.5. The van der Waals surface area contributed by atoms with Crippen LogP contribution < -0.4 is 5.32 Å². The third-order valence-corrected chi connectivity index (χ3v) is 3.21. The summed E-state index contributed by atoms with van der Waals surface area (Å²) in [7, 11) is 0. The lowest BCUT2D eigenvalue weighted by Crippen LogP contribution is -2.08. The maximum Gasteiger partial charge on any atom is 0.0485 e. The van der Waals surface area contributed by atoms with Crippen LogP contribution in [0.25, 0.3) is 0 Å². The van der Waals surface area contributed by atoms with Crippen LogP contribution in [0.1, 0.15) is 37.4 Å². The molecule has 0 spiro atoms. The van der Waals surface area contributed by atoms with Gasteiger partial charge in [0.1, 0.15) is 0 Å². The number of benzene rings is 2. The number of hydrogen-bond acceptors (Lipinski definition) is 1. The van der Waals surface area contributed by atoms with Crippen LogP contribution in [0.4, 0.5) is 5.69 Å². The molecule has 0 saturated heterocycles. The van der Waals surface area contributed by atoms with Gasteiger partial charge in [-0.25, -0.2) is 0 Å². The summed E-state index contributed by atoms with van der Waals surface area (Å²) in [4.78, 5) is 0. The Morgan fingerprint density at radius 2 is 1.61 bits per heavy atom. The Labute approximate surface area is 110 Å². The molecule has 1 atom stereocenters. The van der Waals surface area contributed by atoms with Gasteiger partial charge in [0, 0.05) is 11.7 Å². The second-order valence-corrected chi connectivity index (χ2v) is 4.68. The predicted molar refractivity (Wildman–Crippen MR) is 78.9 cm³/mol. The van der Waals surface area contributed by atoms with Crippen LogP contribution in [-0.4, -0.2) is 0 Å². The average molecular weight is 239 g/mol. The highest BCUT2D eigenvalue weighted by atomic mass is 14.9. The van der Waals surface area contributed by atoms with Gasteiger partial charge < -0.3 is 5.32 Å². The molecule has 0 radical (unpaired) electrons. The molecule has 0 amide bonds. The highest BCUT2D eigenvalue weighted by molar-refractivity contribution is 5.52. The van der Waals surface area contributed by atoms with E-state index in [0.29, 0.717) is 6.04 Å². The summed E-state index contributed by atoms with van der Waals surface area (Å²) >= 11 is 0. The normalized spacial score (nSPS) is 12.1. The Hall–Kier alpha value is -1.76. The molecule has 0 aromatic heterocycles. The molecule has 94 valence electrons. The van der Waals surface area contributed by atoms with Crippen LogP contribution >= 0.6 is 0 Å². The van der Waals surface area contributed by atoms with Crippen molar-refractivity contribution < 1.29 is 0 Å². The number of nitrogens with one attached hydrogen (secondary N) is 1. The van der Waals surface area contributed by atoms with Gasteiger partial charge in [-0.3, -0.25) is 0 Å². The summed E-state index contributed by atoms with van der Waals surface area (Å²) in [6.45, 7) is 4.43. The molecule has 0 bridgehead atoms. The molecule has 0 heterocycles. The first-order valence-electron chi connectivity index (χ1n) is 6.70. The zero-order chi connectivity index (χ0) is 12.8. The summed E-state index contributed by atoms with van der Waals surface area (Å²) < 4.78 is 0. The monoisotopic (exact) mass is 239 g/mol. The van der Waals surface area contributed by atoms with Crippen LogP contribution in [0, 0.1) is 0 Å². The van der Waals surface area contributed by atoms with E-state index in [2.05, 4.69) is 73.8 Å². The van der Waals surface area contributed by atoms with Gasteiger partial charge >= 0.3 is 0 Å². The smallest absolute Gasteiger partial charge is 0.0485 e. The highest BCUT2D eigenvalue weighted by Crippen LogP contribution is 2.23. The minimum Gasteiger partial charge on any atom is -0.378 e. The predicted octanol–water partition coefficient (Wildman–Crippen LogP) is 4.81. The average Bonchev–Trinajstić information content (AvgIpc) is 2.42. The first kappa shape index (κ1) is 12.7. The molecule has 1 N–H and O–H groups in total. The summed E-state index contributed by atoms with van der Waals surface area (Å²) in [5.74, 6) is 0. The van der Waals surface area contributed by atoms with Gasteiger partial charge in [-0.05, 0) is 30.5 Å². The van der Waals surface area contributed by atoms with E-state index in [-0.39, 0.29) is 0 Å².